The molecule has 1 atom stereocenters. The number of carbonyl (C=O) groups is 2. The van der Waals surface area contributed by atoms with Crippen molar-refractivity contribution >= 4 is 11.9 Å². The summed E-state index contributed by atoms with van der Waals surface area (Å²) < 4.78 is 5.38. The summed E-state index contributed by atoms with van der Waals surface area (Å²) in [5.74, 6) is -0.111. The Kier molecular flexibility index (Phi) is 4.76. The van der Waals surface area contributed by atoms with Crippen LogP contribution in [-0.2, 0) is 16.1 Å². The highest BCUT2D eigenvalue weighted by Gasteiger charge is 2.47. The normalized spacial score (nSPS) is 24.5. The lowest BCUT2D eigenvalue weighted by Crippen LogP contribution is -2.48. The molecule has 1 aromatic rings. The highest BCUT2D eigenvalue weighted by Crippen LogP contribution is 2.40. The average molecular weight is 332 g/mol. The van der Waals surface area contributed by atoms with Gasteiger partial charge in [0.05, 0.1) is 5.41 Å². The molecule has 0 radical (unpaired) electrons. The van der Waals surface area contributed by atoms with Crippen molar-refractivity contribution in [3.8, 4) is 5.75 Å². The van der Waals surface area contributed by atoms with Crippen LogP contribution in [0.3, 0.4) is 0 Å². The van der Waals surface area contributed by atoms with Crippen molar-refractivity contribution in [1.29, 1.82) is 0 Å². The highest BCUT2D eigenvalue weighted by atomic mass is 16.5. The predicted molar refractivity (Wildman–Crippen MR) is 88.8 cm³/mol. The molecule has 2 aliphatic rings. The van der Waals surface area contributed by atoms with Crippen LogP contribution in [0.2, 0.25) is 0 Å². The molecule has 0 aliphatic carbocycles. The molecule has 2 aliphatic heterocycles. The van der Waals surface area contributed by atoms with Gasteiger partial charge in [-0.1, -0.05) is 18.2 Å². The smallest absolute Gasteiger partial charge is 0.341 e. The van der Waals surface area contributed by atoms with Crippen LogP contribution in [0.4, 0.5) is 0 Å². The van der Waals surface area contributed by atoms with Gasteiger partial charge in [-0.2, -0.15) is 0 Å². The van der Waals surface area contributed by atoms with Crippen molar-refractivity contribution in [3.63, 3.8) is 0 Å². The number of likely N-dealkylation sites (tertiary alicyclic amines) is 2. The van der Waals surface area contributed by atoms with E-state index in [1.165, 1.54) is 0 Å². The summed E-state index contributed by atoms with van der Waals surface area (Å²) >= 11 is 0. The molecular formula is C18H24N2O4. The lowest BCUT2D eigenvalue weighted by molar-refractivity contribution is -0.144. The number of hydrogen-bond donors (Lipinski definition) is 1. The van der Waals surface area contributed by atoms with Gasteiger partial charge in [0.25, 0.3) is 0 Å². The van der Waals surface area contributed by atoms with Gasteiger partial charge in [0.1, 0.15) is 5.75 Å². The molecular weight excluding hydrogens is 308 g/mol. The minimum absolute atomic E-state index is 0.232. The molecule has 0 saturated carbocycles. The molecule has 0 aromatic heterocycles. The second-order valence-electron chi connectivity index (χ2n) is 6.86. The summed E-state index contributed by atoms with van der Waals surface area (Å²) in [6.07, 6.45) is 2.92. The number of aliphatic carboxylic acids is 1. The molecule has 1 amide bonds. The van der Waals surface area contributed by atoms with Crippen molar-refractivity contribution in [2.75, 3.05) is 33.3 Å². The first-order chi connectivity index (χ1) is 11.5. The van der Waals surface area contributed by atoms with Gasteiger partial charge < -0.3 is 14.7 Å². The van der Waals surface area contributed by atoms with Crippen molar-refractivity contribution in [2.24, 2.45) is 5.41 Å². The van der Waals surface area contributed by atoms with Gasteiger partial charge >= 0.3 is 5.97 Å². The van der Waals surface area contributed by atoms with Crippen molar-refractivity contribution in [1.82, 2.24) is 9.80 Å². The Hall–Kier alpha value is -2.08. The van der Waals surface area contributed by atoms with Gasteiger partial charge in [-0.15, -0.1) is 0 Å². The minimum atomic E-state index is -0.985. The number of carboxylic acids is 1. The van der Waals surface area contributed by atoms with E-state index in [0.717, 1.165) is 44.5 Å². The van der Waals surface area contributed by atoms with E-state index < -0.39 is 5.97 Å². The lowest BCUT2D eigenvalue weighted by Gasteiger charge is -2.37. The topological polar surface area (TPSA) is 70.1 Å². The molecule has 1 unspecified atom stereocenters. The molecule has 0 bridgehead atoms. The molecule has 130 valence electrons. The fraction of sp³-hybridized carbons (Fsp3) is 0.556. The molecule has 1 N–H and O–H groups in total. The highest BCUT2D eigenvalue weighted by molar-refractivity contribution is 5.83. The van der Waals surface area contributed by atoms with Crippen LogP contribution in [-0.4, -0.2) is 60.1 Å². The zero-order chi connectivity index (χ0) is 17.2. The van der Waals surface area contributed by atoms with Crippen LogP contribution >= 0.6 is 0 Å². The standard InChI is InChI=1S/C18H24N2O4/c1-19-9-4-7-18(17(19)23)8-10-20(13-18)11-14-5-2-3-6-15(14)24-12-16(21)22/h2-3,5-6H,4,7-13H2,1H3,(H,21,22). The Balaban J connectivity index is 1.68. The SMILES string of the molecule is CN1CCCC2(CCN(Cc3ccccc3OCC(=O)O)C2)C1=O. The fourth-order valence-electron chi connectivity index (χ4n) is 3.90. The second kappa shape index (κ2) is 6.81. The summed E-state index contributed by atoms with van der Waals surface area (Å²) in [5.41, 5.74) is 0.733. The van der Waals surface area contributed by atoms with E-state index in [0.29, 0.717) is 12.3 Å². The minimum Gasteiger partial charge on any atom is -0.482 e. The van der Waals surface area contributed by atoms with E-state index in [4.69, 9.17) is 9.84 Å². The maximum atomic E-state index is 12.6. The van der Waals surface area contributed by atoms with Crippen LogP contribution in [0.5, 0.6) is 5.75 Å². The summed E-state index contributed by atoms with van der Waals surface area (Å²) in [5, 5.41) is 8.79. The van der Waals surface area contributed by atoms with Crippen LogP contribution < -0.4 is 4.74 Å². The Morgan fingerprint density at radius 3 is 2.88 bits per heavy atom. The third kappa shape index (κ3) is 3.38. The maximum Gasteiger partial charge on any atom is 0.341 e. The Morgan fingerprint density at radius 1 is 1.29 bits per heavy atom. The monoisotopic (exact) mass is 332 g/mol. The first-order valence-corrected chi connectivity index (χ1v) is 8.41. The largest absolute Gasteiger partial charge is 0.482 e. The molecule has 2 saturated heterocycles. The van der Waals surface area contributed by atoms with Gasteiger partial charge in [-0.25, -0.2) is 4.79 Å². The van der Waals surface area contributed by atoms with Crippen LogP contribution in [0, 0.1) is 5.41 Å². The van der Waals surface area contributed by atoms with Gasteiger partial charge in [-0.3, -0.25) is 9.69 Å². The number of para-hydroxylation sites is 1. The van der Waals surface area contributed by atoms with Gasteiger partial charge in [0, 0.05) is 32.2 Å². The van der Waals surface area contributed by atoms with Crippen LogP contribution in [0.25, 0.3) is 0 Å². The lowest BCUT2D eigenvalue weighted by atomic mass is 9.78. The number of nitrogens with zero attached hydrogens (tertiary/aromatic N) is 2. The molecule has 24 heavy (non-hydrogen) atoms. The number of rotatable bonds is 5. The third-order valence-corrected chi connectivity index (χ3v) is 5.10. The zero-order valence-electron chi connectivity index (χ0n) is 14.0. The van der Waals surface area contributed by atoms with E-state index in [-0.39, 0.29) is 17.9 Å². The number of benzene rings is 1. The molecule has 3 rings (SSSR count). The van der Waals surface area contributed by atoms with E-state index >= 15 is 0 Å². The first kappa shape index (κ1) is 16.8. The molecule has 1 aromatic carbocycles. The van der Waals surface area contributed by atoms with Crippen molar-refractivity contribution in [3.05, 3.63) is 29.8 Å². The van der Waals surface area contributed by atoms with E-state index in [1.54, 1.807) is 6.07 Å². The first-order valence-electron chi connectivity index (χ1n) is 8.41. The van der Waals surface area contributed by atoms with Gasteiger partial charge in [0.15, 0.2) is 6.61 Å². The number of amides is 1. The van der Waals surface area contributed by atoms with Gasteiger partial charge in [0.2, 0.25) is 5.91 Å². The van der Waals surface area contributed by atoms with E-state index in [2.05, 4.69) is 4.90 Å². The Labute approximate surface area is 142 Å². The molecule has 6 heteroatoms. The average Bonchev–Trinajstić information content (AvgIpc) is 2.95. The summed E-state index contributed by atoms with van der Waals surface area (Å²) in [6.45, 7) is 2.83. The molecule has 6 nitrogen and oxygen atoms in total. The molecule has 2 fully saturated rings. The number of carboxylic acid groups (broad SMARTS) is 1. The molecule has 1 spiro atoms. The Morgan fingerprint density at radius 2 is 2.08 bits per heavy atom. The van der Waals surface area contributed by atoms with Crippen LogP contribution in [0.15, 0.2) is 24.3 Å². The number of carbonyl (C=O) groups excluding carboxylic acids is 1. The molecule has 2 heterocycles. The quantitative estimate of drug-likeness (QED) is 0.887. The fourth-order valence-corrected chi connectivity index (χ4v) is 3.90. The zero-order valence-corrected chi connectivity index (χ0v) is 14.0. The van der Waals surface area contributed by atoms with Crippen molar-refractivity contribution < 1.29 is 19.4 Å². The number of ether oxygens (including phenoxy) is 1. The van der Waals surface area contributed by atoms with E-state index in [1.807, 2.05) is 30.1 Å². The maximum absolute atomic E-state index is 12.6. The Bertz CT molecular complexity index is 633. The summed E-state index contributed by atoms with van der Waals surface area (Å²) in [7, 11) is 1.89. The number of piperidine rings is 1. The third-order valence-electron chi connectivity index (χ3n) is 5.10. The second-order valence-corrected chi connectivity index (χ2v) is 6.86. The van der Waals surface area contributed by atoms with Gasteiger partial charge in [-0.05, 0) is 31.9 Å². The number of hydrogen-bond acceptors (Lipinski definition) is 4. The van der Waals surface area contributed by atoms with Crippen LogP contribution in [0.1, 0.15) is 24.8 Å². The summed E-state index contributed by atoms with van der Waals surface area (Å²) in [4.78, 5) is 27.5. The van der Waals surface area contributed by atoms with E-state index in [9.17, 15) is 9.59 Å². The van der Waals surface area contributed by atoms with Crippen molar-refractivity contribution in [2.45, 2.75) is 25.8 Å². The predicted octanol–water partition coefficient (Wildman–Crippen LogP) is 1.59. The summed E-state index contributed by atoms with van der Waals surface area (Å²) in [6, 6.07) is 7.51.